The van der Waals surface area contributed by atoms with Crippen LogP contribution >= 0.6 is 0 Å². The molecule has 0 fully saturated rings. The van der Waals surface area contributed by atoms with Crippen LogP contribution in [-0.2, 0) is 9.53 Å². The maximum absolute atomic E-state index is 11.1. The van der Waals surface area contributed by atoms with Gasteiger partial charge in [-0.1, -0.05) is 30.4 Å². The molecule has 0 heterocycles. The Morgan fingerprint density at radius 3 is 2.57 bits per heavy atom. The molecule has 0 atom stereocenters. The molecule has 14 heavy (non-hydrogen) atoms. The molecule has 0 N–H and O–H groups in total. The molecule has 0 spiro atoms. The van der Waals surface area contributed by atoms with E-state index in [1.165, 1.54) is 0 Å². The third-order valence-corrected chi connectivity index (χ3v) is 1.71. The van der Waals surface area contributed by atoms with Crippen LogP contribution in [0.15, 0.2) is 36.0 Å². The third kappa shape index (κ3) is 6.23. The number of allylic oxidation sites excluding steroid dienone is 4. The van der Waals surface area contributed by atoms with E-state index in [1.807, 2.05) is 38.2 Å². The second kappa shape index (κ2) is 8.30. The molecule has 2 nitrogen and oxygen atoms in total. The molecule has 0 aliphatic heterocycles. The van der Waals surface area contributed by atoms with Crippen LogP contribution in [0.4, 0.5) is 0 Å². The predicted octanol–water partition coefficient (Wildman–Crippen LogP) is 3.02. The van der Waals surface area contributed by atoms with Gasteiger partial charge < -0.3 is 4.74 Å². The summed E-state index contributed by atoms with van der Waals surface area (Å²) in [6.07, 6.45) is 10.3. The van der Waals surface area contributed by atoms with Crippen molar-refractivity contribution in [3.05, 3.63) is 36.0 Å². The number of carbonyl (C=O) groups excluding carboxylic acids is 1. The Morgan fingerprint density at radius 1 is 1.29 bits per heavy atom. The summed E-state index contributed by atoms with van der Waals surface area (Å²) in [4.78, 5) is 11.1. The fourth-order valence-electron chi connectivity index (χ4n) is 0.737. The summed E-state index contributed by atoms with van der Waals surface area (Å²) >= 11 is 0. The number of hydrogen-bond acceptors (Lipinski definition) is 2. The van der Waals surface area contributed by atoms with E-state index >= 15 is 0 Å². The molecule has 0 aliphatic carbocycles. The topological polar surface area (TPSA) is 26.3 Å². The zero-order valence-electron chi connectivity index (χ0n) is 9.12. The summed E-state index contributed by atoms with van der Waals surface area (Å²) < 4.78 is 4.99. The Kier molecular flexibility index (Phi) is 7.52. The van der Waals surface area contributed by atoms with E-state index in [0.717, 1.165) is 6.42 Å². The average molecular weight is 194 g/mol. The van der Waals surface area contributed by atoms with Crippen molar-refractivity contribution in [3.63, 3.8) is 0 Å². The number of carbonyl (C=O) groups is 1. The van der Waals surface area contributed by atoms with Crippen molar-refractivity contribution < 1.29 is 9.53 Å². The minimum atomic E-state index is -0.230. The van der Waals surface area contributed by atoms with Crippen molar-refractivity contribution in [2.75, 3.05) is 6.61 Å². The third-order valence-electron chi connectivity index (χ3n) is 1.71. The highest BCUT2D eigenvalue weighted by Crippen LogP contribution is 1.97. The fourth-order valence-corrected chi connectivity index (χ4v) is 0.737. The highest BCUT2D eigenvalue weighted by Gasteiger charge is 2.01. The zero-order valence-corrected chi connectivity index (χ0v) is 9.12. The molecular weight excluding hydrogens is 176 g/mol. The molecule has 0 unspecified atom stereocenters. The lowest BCUT2D eigenvalue weighted by Crippen LogP contribution is -2.06. The first-order valence-electron chi connectivity index (χ1n) is 4.80. The molecule has 0 aromatic heterocycles. The second-order valence-corrected chi connectivity index (χ2v) is 2.85. The SMILES string of the molecule is C/C=C/C=C\CCOC(=O)/C(C)=C/C. The van der Waals surface area contributed by atoms with Crippen LogP contribution in [0.5, 0.6) is 0 Å². The summed E-state index contributed by atoms with van der Waals surface area (Å²) in [6.45, 7) is 5.97. The molecular formula is C12H18O2. The monoisotopic (exact) mass is 194 g/mol. The van der Waals surface area contributed by atoms with E-state index in [4.69, 9.17) is 4.74 Å². The minimum Gasteiger partial charge on any atom is -0.462 e. The van der Waals surface area contributed by atoms with Crippen molar-refractivity contribution in [3.8, 4) is 0 Å². The maximum atomic E-state index is 11.1. The summed E-state index contributed by atoms with van der Waals surface area (Å²) in [6, 6.07) is 0. The summed E-state index contributed by atoms with van der Waals surface area (Å²) in [5.74, 6) is -0.230. The Hall–Kier alpha value is -1.31. The van der Waals surface area contributed by atoms with Gasteiger partial charge in [0.1, 0.15) is 0 Å². The van der Waals surface area contributed by atoms with Gasteiger partial charge >= 0.3 is 5.97 Å². The molecule has 0 amide bonds. The lowest BCUT2D eigenvalue weighted by molar-refractivity contribution is -0.138. The van der Waals surface area contributed by atoms with Crippen molar-refractivity contribution in [2.24, 2.45) is 0 Å². The molecule has 0 saturated heterocycles. The Labute approximate surface area is 86.0 Å². The number of ether oxygens (including phenoxy) is 1. The smallest absolute Gasteiger partial charge is 0.333 e. The summed E-state index contributed by atoms with van der Waals surface area (Å²) in [5, 5.41) is 0. The van der Waals surface area contributed by atoms with Gasteiger partial charge in [-0.25, -0.2) is 4.79 Å². The van der Waals surface area contributed by atoms with Gasteiger partial charge in [-0.3, -0.25) is 0 Å². The predicted molar refractivity (Wildman–Crippen MR) is 59.0 cm³/mol. The molecule has 78 valence electrons. The van der Waals surface area contributed by atoms with E-state index in [1.54, 1.807) is 13.0 Å². The van der Waals surface area contributed by atoms with Gasteiger partial charge in [-0.05, 0) is 27.2 Å². The Morgan fingerprint density at radius 2 is 2.00 bits per heavy atom. The molecule has 0 bridgehead atoms. The molecule has 0 aliphatic rings. The first-order valence-corrected chi connectivity index (χ1v) is 4.80. The van der Waals surface area contributed by atoms with Crippen LogP contribution in [0.2, 0.25) is 0 Å². The molecule has 0 saturated carbocycles. The Bertz CT molecular complexity index is 247. The van der Waals surface area contributed by atoms with Crippen molar-refractivity contribution in [1.82, 2.24) is 0 Å². The summed E-state index contributed by atoms with van der Waals surface area (Å²) in [5.41, 5.74) is 0.655. The van der Waals surface area contributed by atoms with E-state index in [-0.39, 0.29) is 5.97 Å². The Balaban J connectivity index is 3.60. The lowest BCUT2D eigenvalue weighted by Gasteiger charge is -2.01. The van der Waals surface area contributed by atoms with Crippen LogP contribution in [0.25, 0.3) is 0 Å². The quantitative estimate of drug-likeness (QED) is 0.291. The normalized spacial score (nSPS) is 12.6. The van der Waals surface area contributed by atoms with Gasteiger partial charge in [0.25, 0.3) is 0 Å². The maximum Gasteiger partial charge on any atom is 0.333 e. The van der Waals surface area contributed by atoms with E-state index in [0.29, 0.717) is 12.2 Å². The standard InChI is InChI=1S/C12H18O2/c1-4-6-7-8-9-10-14-12(13)11(3)5-2/h4-8H,9-10H2,1-3H3/b6-4+,8-7-,11-5+. The second-order valence-electron chi connectivity index (χ2n) is 2.85. The highest BCUT2D eigenvalue weighted by atomic mass is 16.5. The largest absolute Gasteiger partial charge is 0.462 e. The lowest BCUT2D eigenvalue weighted by atomic mass is 10.3. The first-order chi connectivity index (χ1) is 6.72. The molecule has 0 rings (SSSR count). The molecule has 0 aromatic rings. The van der Waals surface area contributed by atoms with Crippen LogP contribution < -0.4 is 0 Å². The van der Waals surface area contributed by atoms with Crippen molar-refractivity contribution in [2.45, 2.75) is 27.2 Å². The van der Waals surface area contributed by atoms with Crippen LogP contribution in [0.3, 0.4) is 0 Å². The van der Waals surface area contributed by atoms with Crippen molar-refractivity contribution >= 4 is 5.97 Å². The first kappa shape index (κ1) is 12.7. The van der Waals surface area contributed by atoms with E-state index in [2.05, 4.69) is 0 Å². The molecule has 0 radical (unpaired) electrons. The van der Waals surface area contributed by atoms with Gasteiger partial charge in [0.05, 0.1) is 6.61 Å². The van der Waals surface area contributed by atoms with E-state index < -0.39 is 0 Å². The average Bonchev–Trinajstić information content (AvgIpc) is 2.21. The van der Waals surface area contributed by atoms with Crippen LogP contribution in [-0.4, -0.2) is 12.6 Å². The van der Waals surface area contributed by atoms with E-state index in [9.17, 15) is 4.79 Å². The summed E-state index contributed by atoms with van der Waals surface area (Å²) in [7, 11) is 0. The van der Waals surface area contributed by atoms with Gasteiger partial charge in [0.2, 0.25) is 0 Å². The minimum absolute atomic E-state index is 0.230. The van der Waals surface area contributed by atoms with Gasteiger partial charge in [-0.2, -0.15) is 0 Å². The van der Waals surface area contributed by atoms with Crippen LogP contribution in [0.1, 0.15) is 27.2 Å². The molecule has 0 aromatic carbocycles. The van der Waals surface area contributed by atoms with Gasteiger partial charge in [-0.15, -0.1) is 0 Å². The highest BCUT2D eigenvalue weighted by molar-refractivity contribution is 5.87. The van der Waals surface area contributed by atoms with Gasteiger partial charge in [0, 0.05) is 5.57 Å². The fraction of sp³-hybridized carbons (Fsp3) is 0.417. The number of rotatable bonds is 5. The van der Waals surface area contributed by atoms with Crippen LogP contribution in [0, 0.1) is 0 Å². The number of esters is 1. The molecule has 2 heteroatoms. The van der Waals surface area contributed by atoms with Gasteiger partial charge in [0.15, 0.2) is 0 Å². The zero-order chi connectivity index (χ0) is 10.8. The number of hydrogen-bond donors (Lipinski definition) is 0. The van der Waals surface area contributed by atoms with Crippen molar-refractivity contribution in [1.29, 1.82) is 0 Å².